The minimum Gasteiger partial charge on any atom is -0.478 e. The molecule has 0 spiro atoms. The molecule has 3 heteroatoms. The summed E-state index contributed by atoms with van der Waals surface area (Å²) in [6.07, 6.45) is 11.8. The molecule has 0 unspecified atom stereocenters. The van der Waals surface area contributed by atoms with E-state index in [1.807, 2.05) is 18.2 Å². The van der Waals surface area contributed by atoms with Crippen LogP contribution in [0.2, 0.25) is 0 Å². The molecule has 0 fully saturated rings. The first-order chi connectivity index (χ1) is 10.6. The summed E-state index contributed by atoms with van der Waals surface area (Å²) in [6.45, 7) is 2.15. The van der Waals surface area contributed by atoms with Crippen molar-refractivity contribution in [3.8, 4) is 0 Å². The van der Waals surface area contributed by atoms with Crippen LogP contribution in [0.5, 0.6) is 0 Å². The normalized spacial score (nSPS) is 15.7. The van der Waals surface area contributed by atoms with Gasteiger partial charge in [0.15, 0.2) is 0 Å². The molecule has 0 saturated heterocycles. The Morgan fingerprint density at radius 1 is 1.32 bits per heavy atom. The summed E-state index contributed by atoms with van der Waals surface area (Å²) in [6, 6.07) is 7.26. The molecular formula is C19H21ClO2. The molecule has 0 aromatic heterocycles. The number of hydrogen-bond donors (Lipinski definition) is 1. The number of halogens is 1. The first kappa shape index (κ1) is 16.6. The number of carbonyl (C=O) groups is 1. The van der Waals surface area contributed by atoms with Gasteiger partial charge in [0.2, 0.25) is 0 Å². The van der Waals surface area contributed by atoms with Crippen LogP contribution in [0, 0.1) is 5.92 Å². The van der Waals surface area contributed by atoms with E-state index in [9.17, 15) is 9.90 Å². The van der Waals surface area contributed by atoms with Gasteiger partial charge in [-0.25, -0.2) is 4.79 Å². The van der Waals surface area contributed by atoms with Gasteiger partial charge in [-0.05, 0) is 42.0 Å². The Kier molecular flexibility index (Phi) is 6.02. The van der Waals surface area contributed by atoms with Gasteiger partial charge in [-0.15, -0.1) is 0 Å². The fourth-order valence-electron chi connectivity index (χ4n) is 2.80. The second-order valence-electron chi connectivity index (χ2n) is 5.54. The maximum absolute atomic E-state index is 11.4. The number of aromatic carboxylic acids is 1. The van der Waals surface area contributed by atoms with Crippen molar-refractivity contribution in [1.29, 1.82) is 0 Å². The Morgan fingerprint density at radius 2 is 2.09 bits per heavy atom. The Bertz CT molecular complexity index is 626. The molecule has 1 aromatic rings. The molecule has 0 bridgehead atoms. The van der Waals surface area contributed by atoms with Gasteiger partial charge in [0.1, 0.15) is 0 Å². The van der Waals surface area contributed by atoms with Gasteiger partial charge in [0.05, 0.1) is 5.56 Å². The quantitative estimate of drug-likeness (QED) is 0.767. The molecule has 1 aliphatic carbocycles. The number of carboxylic acid groups (broad SMARTS) is 1. The summed E-state index contributed by atoms with van der Waals surface area (Å²) in [4.78, 5) is 11.4. The van der Waals surface area contributed by atoms with Gasteiger partial charge in [-0.2, -0.15) is 0 Å². The molecule has 22 heavy (non-hydrogen) atoms. The highest BCUT2D eigenvalue weighted by Gasteiger charge is 2.17. The SMILES string of the molecule is CCC[C@H](Cc1ccccc1C(=O)O)C1=CC=C(Cl)CC=C1. The zero-order valence-electron chi connectivity index (χ0n) is 12.8. The van der Waals surface area contributed by atoms with Gasteiger partial charge >= 0.3 is 5.97 Å². The van der Waals surface area contributed by atoms with Gasteiger partial charge < -0.3 is 5.11 Å². The Morgan fingerprint density at radius 3 is 2.82 bits per heavy atom. The van der Waals surface area contributed by atoms with Crippen LogP contribution in [0.4, 0.5) is 0 Å². The van der Waals surface area contributed by atoms with E-state index in [-0.39, 0.29) is 0 Å². The maximum Gasteiger partial charge on any atom is 0.335 e. The van der Waals surface area contributed by atoms with Gasteiger partial charge in [-0.1, -0.05) is 61.4 Å². The highest BCUT2D eigenvalue weighted by molar-refractivity contribution is 6.29. The van der Waals surface area contributed by atoms with Gasteiger partial charge in [-0.3, -0.25) is 0 Å². The molecule has 0 heterocycles. The molecule has 0 radical (unpaired) electrons. The van der Waals surface area contributed by atoms with Crippen LogP contribution in [-0.2, 0) is 6.42 Å². The third kappa shape index (κ3) is 4.35. The van der Waals surface area contributed by atoms with Crippen molar-refractivity contribution in [3.63, 3.8) is 0 Å². The van der Waals surface area contributed by atoms with Crippen molar-refractivity contribution in [2.45, 2.75) is 32.6 Å². The standard InChI is InChI=1S/C19H21ClO2/c1-2-6-15(14-8-5-9-17(20)12-11-14)13-16-7-3-4-10-18(16)19(21)22/h3-5,7-8,10-12,15H,2,6,9,13H2,1H3,(H,21,22)/t15-/m1/s1. The van der Waals surface area contributed by atoms with Crippen LogP contribution >= 0.6 is 11.6 Å². The van der Waals surface area contributed by atoms with Crippen LogP contribution in [0.25, 0.3) is 0 Å². The van der Waals surface area contributed by atoms with Gasteiger partial charge in [0, 0.05) is 11.5 Å². The van der Waals surface area contributed by atoms with E-state index in [4.69, 9.17) is 11.6 Å². The third-order valence-electron chi connectivity index (χ3n) is 3.90. The van der Waals surface area contributed by atoms with E-state index in [0.29, 0.717) is 11.5 Å². The zero-order valence-corrected chi connectivity index (χ0v) is 13.5. The fraction of sp³-hybridized carbons (Fsp3) is 0.316. The predicted molar refractivity (Wildman–Crippen MR) is 91.3 cm³/mol. The lowest BCUT2D eigenvalue weighted by molar-refractivity contribution is 0.0695. The topological polar surface area (TPSA) is 37.3 Å². The van der Waals surface area contributed by atoms with E-state index in [1.54, 1.807) is 12.1 Å². The Balaban J connectivity index is 2.28. The van der Waals surface area contributed by atoms with E-state index < -0.39 is 5.97 Å². The van der Waals surface area contributed by atoms with Gasteiger partial charge in [0.25, 0.3) is 0 Å². The van der Waals surface area contributed by atoms with Crippen molar-refractivity contribution in [2.75, 3.05) is 0 Å². The highest BCUT2D eigenvalue weighted by atomic mass is 35.5. The molecule has 1 aromatic carbocycles. The highest BCUT2D eigenvalue weighted by Crippen LogP contribution is 2.27. The summed E-state index contributed by atoms with van der Waals surface area (Å²) < 4.78 is 0. The monoisotopic (exact) mass is 316 g/mol. The molecule has 0 amide bonds. The molecule has 0 saturated carbocycles. The zero-order chi connectivity index (χ0) is 15.9. The Hall–Kier alpha value is -1.80. The number of hydrogen-bond acceptors (Lipinski definition) is 1. The van der Waals surface area contributed by atoms with E-state index in [2.05, 4.69) is 25.2 Å². The number of allylic oxidation sites excluding steroid dienone is 6. The molecule has 1 N–H and O–H groups in total. The van der Waals surface area contributed by atoms with Crippen molar-refractivity contribution < 1.29 is 9.90 Å². The van der Waals surface area contributed by atoms with E-state index in [1.165, 1.54) is 5.57 Å². The first-order valence-corrected chi connectivity index (χ1v) is 8.03. The summed E-state index contributed by atoms with van der Waals surface area (Å²) >= 11 is 6.08. The molecule has 2 rings (SSSR count). The van der Waals surface area contributed by atoms with E-state index in [0.717, 1.165) is 36.3 Å². The number of benzene rings is 1. The van der Waals surface area contributed by atoms with Crippen LogP contribution < -0.4 is 0 Å². The number of carboxylic acids is 1. The largest absolute Gasteiger partial charge is 0.478 e. The lowest BCUT2D eigenvalue weighted by Crippen LogP contribution is -2.11. The van der Waals surface area contributed by atoms with Crippen LogP contribution in [-0.4, -0.2) is 11.1 Å². The van der Waals surface area contributed by atoms with Crippen LogP contribution in [0.15, 0.2) is 59.2 Å². The van der Waals surface area contributed by atoms with Crippen LogP contribution in [0.3, 0.4) is 0 Å². The fourth-order valence-corrected chi connectivity index (χ4v) is 2.95. The average Bonchev–Trinajstić information content (AvgIpc) is 2.72. The lowest BCUT2D eigenvalue weighted by Gasteiger charge is -2.18. The average molecular weight is 317 g/mol. The second kappa shape index (κ2) is 8.00. The molecular weight excluding hydrogens is 296 g/mol. The molecule has 1 aliphatic rings. The summed E-state index contributed by atoms with van der Waals surface area (Å²) in [7, 11) is 0. The first-order valence-electron chi connectivity index (χ1n) is 7.65. The summed E-state index contributed by atoms with van der Waals surface area (Å²) in [5.41, 5.74) is 2.51. The smallest absolute Gasteiger partial charge is 0.335 e. The minimum absolute atomic E-state index is 0.306. The molecule has 1 atom stereocenters. The summed E-state index contributed by atoms with van der Waals surface area (Å²) in [5.74, 6) is -0.556. The minimum atomic E-state index is -0.862. The Labute approximate surface area is 136 Å². The number of rotatable bonds is 6. The van der Waals surface area contributed by atoms with Crippen molar-refractivity contribution in [1.82, 2.24) is 0 Å². The third-order valence-corrected chi connectivity index (χ3v) is 4.18. The van der Waals surface area contributed by atoms with Crippen molar-refractivity contribution in [2.24, 2.45) is 5.92 Å². The lowest BCUT2D eigenvalue weighted by atomic mass is 9.86. The molecule has 116 valence electrons. The second-order valence-corrected chi connectivity index (χ2v) is 6.02. The van der Waals surface area contributed by atoms with Crippen molar-refractivity contribution in [3.05, 3.63) is 70.3 Å². The molecule has 2 nitrogen and oxygen atoms in total. The summed E-state index contributed by atoms with van der Waals surface area (Å²) in [5, 5.41) is 10.2. The van der Waals surface area contributed by atoms with Crippen molar-refractivity contribution >= 4 is 17.6 Å². The van der Waals surface area contributed by atoms with E-state index >= 15 is 0 Å². The maximum atomic E-state index is 11.4. The molecule has 0 aliphatic heterocycles. The predicted octanol–water partition coefficient (Wildman–Crippen LogP) is 5.35. The van der Waals surface area contributed by atoms with Crippen LogP contribution in [0.1, 0.15) is 42.1 Å².